The Labute approximate surface area is 120 Å². The van der Waals surface area contributed by atoms with Gasteiger partial charge in [-0.3, -0.25) is 0 Å². The van der Waals surface area contributed by atoms with Crippen LogP contribution in [0.15, 0.2) is 36.4 Å². The van der Waals surface area contributed by atoms with Gasteiger partial charge < -0.3 is 10.4 Å². The van der Waals surface area contributed by atoms with Crippen LogP contribution in [0.1, 0.15) is 18.5 Å². The summed E-state index contributed by atoms with van der Waals surface area (Å²) in [4.78, 5) is 0. The van der Waals surface area contributed by atoms with Crippen LogP contribution >= 0.6 is 23.2 Å². The van der Waals surface area contributed by atoms with Crippen molar-refractivity contribution in [3.8, 4) is 5.75 Å². The van der Waals surface area contributed by atoms with Crippen LogP contribution in [0.25, 0.3) is 0 Å². The molecule has 5 heteroatoms. The second-order valence-electron chi connectivity index (χ2n) is 4.20. The lowest BCUT2D eigenvalue weighted by atomic mass is 10.1. The number of hydrogen-bond acceptors (Lipinski definition) is 2. The molecule has 0 spiro atoms. The van der Waals surface area contributed by atoms with Gasteiger partial charge in [0.05, 0.1) is 16.1 Å². The van der Waals surface area contributed by atoms with E-state index in [-0.39, 0.29) is 11.8 Å². The molecule has 2 nitrogen and oxygen atoms in total. The smallest absolute Gasteiger partial charge is 0.123 e. The van der Waals surface area contributed by atoms with E-state index in [4.69, 9.17) is 23.2 Å². The molecule has 0 aromatic heterocycles. The Hall–Kier alpha value is -1.45. The molecule has 0 aliphatic rings. The molecule has 0 aliphatic heterocycles. The highest BCUT2D eigenvalue weighted by Gasteiger charge is 2.12. The van der Waals surface area contributed by atoms with Crippen molar-refractivity contribution in [1.29, 1.82) is 0 Å². The van der Waals surface area contributed by atoms with E-state index in [2.05, 4.69) is 5.32 Å². The van der Waals surface area contributed by atoms with Crippen molar-refractivity contribution in [2.24, 2.45) is 0 Å². The van der Waals surface area contributed by atoms with Gasteiger partial charge in [0.1, 0.15) is 11.6 Å². The highest BCUT2D eigenvalue weighted by molar-refractivity contribution is 6.42. The maximum Gasteiger partial charge on any atom is 0.123 e. The molecule has 19 heavy (non-hydrogen) atoms. The van der Waals surface area contributed by atoms with E-state index in [1.807, 2.05) is 6.92 Å². The first-order valence-electron chi connectivity index (χ1n) is 5.67. The number of phenolic OH excluding ortho intramolecular Hbond substituents is 1. The number of anilines is 1. The zero-order valence-corrected chi connectivity index (χ0v) is 11.6. The van der Waals surface area contributed by atoms with Gasteiger partial charge in [-0.25, -0.2) is 4.39 Å². The summed E-state index contributed by atoms with van der Waals surface area (Å²) in [5.41, 5.74) is 1.22. The van der Waals surface area contributed by atoms with Gasteiger partial charge in [-0.1, -0.05) is 23.2 Å². The number of hydrogen-bond donors (Lipinski definition) is 2. The van der Waals surface area contributed by atoms with Gasteiger partial charge >= 0.3 is 0 Å². The summed E-state index contributed by atoms with van der Waals surface area (Å²) in [6, 6.07) is 8.68. The van der Waals surface area contributed by atoms with E-state index in [1.165, 1.54) is 18.2 Å². The Morgan fingerprint density at radius 2 is 1.84 bits per heavy atom. The number of rotatable bonds is 3. The minimum absolute atomic E-state index is 0.0430. The first-order valence-corrected chi connectivity index (χ1v) is 6.43. The molecule has 0 radical (unpaired) electrons. The minimum atomic E-state index is -0.393. The molecule has 0 saturated heterocycles. The van der Waals surface area contributed by atoms with Crippen LogP contribution in [-0.4, -0.2) is 5.11 Å². The molecule has 0 amide bonds. The predicted octanol–water partition coefficient (Wildman–Crippen LogP) is 5.01. The van der Waals surface area contributed by atoms with Crippen molar-refractivity contribution in [2.75, 3.05) is 5.32 Å². The highest BCUT2D eigenvalue weighted by atomic mass is 35.5. The maximum atomic E-state index is 13.2. The fraction of sp³-hybridized carbons (Fsp3) is 0.143. The summed E-state index contributed by atoms with van der Waals surface area (Å²) in [6.07, 6.45) is 0. The fourth-order valence-corrected chi connectivity index (χ4v) is 2.08. The van der Waals surface area contributed by atoms with Gasteiger partial charge in [-0.2, -0.15) is 0 Å². The largest absolute Gasteiger partial charge is 0.508 e. The fourth-order valence-electron chi connectivity index (χ4n) is 1.79. The first kappa shape index (κ1) is 14.0. The normalized spacial score (nSPS) is 12.2. The molecule has 100 valence electrons. The van der Waals surface area contributed by atoms with Gasteiger partial charge in [0.2, 0.25) is 0 Å². The van der Waals surface area contributed by atoms with Crippen LogP contribution in [0.4, 0.5) is 10.1 Å². The van der Waals surface area contributed by atoms with E-state index in [0.29, 0.717) is 15.6 Å². The number of phenols is 1. The number of halogens is 3. The van der Waals surface area contributed by atoms with Gasteiger partial charge in [-0.15, -0.1) is 0 Å². The highest BCUT2D eigenvalue weighted by Crippen LogP contribution is 2.30. The van der Waals surface area contributed by atoms with Gasteiger partial charge in [0, 0.05) is 11.3 Å². The second-order valence-corrected chi connectivity index (χ2v) is 5.01. The monoisotopic (exact) mass is 299 g/mol. The van der Waals surface area contributed by atoms with E-state index in [1.54, 1.807) is 18.2 Å². The lowest BCUT2D eigenvalue weighted by molar-refractivity contribution is 0.462. The van der Waals surface area contributed by atoms with E-state index < -0.39 is 5.82 Å². The van der Waals surface area contributed by atoms with E-state index in [0.717, 1.165) is 5.69 Å². The third-order valence-electron chi connectivity index (χ3n) is 2.76. The van der Waals surface area contributed by atoms with E-state index >= 15 is 0 Å². The van der Waals surface area contributed by atoms with Crippen LogP contribution in [-0.2, 0) is 0 Å². The topological polar surface area (TPSA) is 32.3 Å². The molecule has 1 atom stereocenters. The Bertz CT molecular complexity index is 604. The predicted molar refractivity (Wildman–Crippen MR) is 76.6 cm³/mol. The number of nitrogens with one attached hydrogen (secondary N) is 1. The lowest BCUT2D eigenvalue weighted by Gasteiger charge is -2.17. The zero-order chi connectivity index (χ0) is 14.0. The zero-order valence-electron chi connectivity index (χ0n) is 10.1. The molecule has 2 rings (SSSR count). The summed E-state index contributed by atoms with van der Waals surface area (Å²) in [6.45, 7) is 1.82. The molecular weight excluding hydrogens is 288 g/mol. The summed E-state index contributed by atoms with van der Waals surface area (Å²) < 4.78 is 13.2. The molecule has 2 N–H and O–H groups in total. The van der Waals surface area contributed by atoms with Gasteiger partial charge in [0.15, 0.2) is 0 Å². The van der Waals surface area contributed by atoms with Crippen LogP contribution in [0.2, 0.25) is 10.0 Å². The van der Waals surface area contributed by atoms with Crippen LogP contribution in [0.5, 0.6) is 5.75 Å². The Morgan fingerprint density at radius 1 is 1.11 bits per heavy atom. The molecule has 2 aromatic carbocycles. The van der Waals surface area contributed by atoms with Crippen molar-refractivity contribution < 1.29 is 9.50 Å². The maximum absolute atomic E-state index is 13.2. The molecule has 0 bridgehead atoms. The SMILES string of the molecule is CC(Nc1ccc(Cl)c(Cl)c1)c1cc(F)ccc1O. The van der Waals surface area contributed by atoms with Crippen molar-refractivity contribution in [3.05, 3.63) is 57.8 Å². The number of benzene rings is 2. The van der Waals surface area contributed by atoms with Crippen molar-refractivity contribution >= 4 is 28.9 Å². The first-order chi connectivity index (χ1) is 8.97. The lowest BCUT2D eigenvalue weighted by Crippen LogP contribution is -2.07. The van der Waals surface area contributed by atoms with Gasteiger partial charge in [-0.05, 0) is 43.3 Å². The van der Waals surface area contributed by atoms with Crippen LogP contribution in [0, 0.1) is 5.82 Å². The Kier molecular flexibility index (Phi) is 4.17. The Balaban J connectivity index is 2.22. The average Bonchev–Trinajstić information content (AvgIpc) is 2.36. The molecule has 0 fully saturated rings. The molecule has 0 aliphatic carbocycles. The van der Waals surface area contributed by atoms with Crippen molar-refractivity contribution in [1.82, 2.24) is 0 Å². The Morgan fingerprint density at radius 3 is 2.53 bits per heavy atom. The summed E-state index contributed by atoms with van der Waals surface area (Å²) in [5.74, 6) is -0.350. The van der Waals surface area contributed by atoms with Gasteiger partial charge in [0.25, 0.3) is 0 Å². The second kappa shape index (κ2) is 5.68. The molecule has 2 aromatic rings. The van der Waals surface area contributed by atoms with Crippen molar-refractivity contribution in [3.63, 3.8) is 0 Å². The van der Waals surface area contributed by atoms with E-state index in [9.17, 15) is 9.50 Å². The van der Waals surface area contributed by atoms with Crippen LogP contribution < -0.4 is 5.32 Å². The van der Waals surface area contributed by atoms with Crippen LogP contribution in [0.3, 0.4) is 0 Å². The number of aromatic hydroxyl groups is 1. The molecule has 0 saturated carbocycles. The standard InChI is InChI=1S/C14H12Cl2FNO/c1-8(11-6-9(17)2-5-14(11)19)18-10-3-4-12(15)13(16)7-10/h2-8,18-19H,1H3. The van der Waals surface area contributed by atoms with Crippen molar-refractivity contribution in [2.45, 2.75) is 13.0 Å². The minimum Gasteiger partial charge on any atom is -0.508 e. The summed E-state index contributed by atoms with van der Waals surface area (Å²) in [5, 5.41) is 13.8. The average molecular weight is 300 g/mol. The third-order valence-corrected chi connectivity index (χ3v) is 3.50. The summed E-state index contributed by atoms with van der Waals surface area (Å²) >= 11 is 11.7. The quantitative estimate of drug-likeness (QED) is 0.835. The third kappa shape index (κ3) is 3.31. The molecule has 0 heterocycles. The molecule has 1 unspecified atom stereocenters. The molecular formula is C14H12Cl2FNO. The summed E-state index contributed by atoms with van der Waals surface area (Å²) in [7, 11) is 0.